The van der Waals surface area contributed by atoms with Crippen LogP contribution >= 0.6 is 0 Å². The van der Waals surface area contributed by atoms with Gasteiger partial charge in [-0.05, 0) is 50.9 Å². The molecule has 1 aliphatic heterocycles. The number of nitrogens with zero attached hydrogens (tertiary/aromatic N) is 1. The van der Waals surface area contributed by atoms with Gasteiger partial charge >= 0.3 is 0 Å². The molecular weight excluding hydrogens is 270 g/mol. The minimum absolute atomic E-state index is 0.287. The van der Waals surface area contributed by atoms with Gasteiger partial charge in [0, 0.05) is 18.6 Å². The van der Waals surface area contributed by atoms with Gasteiger partial charge in [-0.15, -0.1) is 0 Å². The van der Waals surface area contributed by atoms with Gasteiger partial charge in [0.2, 0.25) is 0 Å². The molecule has 0 aromatic carbocycles. The summed E-state index contributed by atoms with van der Waals surface area (Å²) in [7, 11) is -2.77. The number of sulfone groups is 1. The first-order valence-electron chi connectivity index (χ1n) is 8.09. The van der Waals surface area contributed by atoms with Gasteiger partial charge in [-0.1, -0.05) is 18.6 Å². The SMILES string of the molecule is CC1=CCC[C@H](C)[C@H]1CN(C1CC1)[C@@H]1CCS(=O)(=O)C1. The van der Waals surface area contributed by atoms with Gasteiger partial charge in [0.05, 0.1) is 11.5 Å². The second kappa shape index (κ2) is 5.45. The second-order valence-electron chi connectivity index (χ2n) is 7.09. The molecule has 1 heterocycles. The average Bonchev–Trinajstić information content (AvgIpc) is 3.13. The van der Waals surface area contributed by atoms with Gasteiger partial charge in [0.1, 0.15) is 0 Å². The molecule has 0 aromatic rings. The molecule has 0 radical (unpaired) electrons. The summed E-state index contributed by atoms with van der Waals surface area (Å²) >= 11 is 0. The first-order valence-corrected chi connectivity index (χ1v) is 9.91. The van der Waals surface area contributed by atoms with Crippen LogP contribution in [-0.4, -0.2) is 43.5 Å². The molecule has 0 spiro atoms. The van der Waals surface area contributed by atoms with Crippen molar-refractivity contribution in [2.45, 2.75) is 58.0 Å². The predicted molar refractivity (Wildman–Crippen MR) is 82.4 cm³/mol. The highest BCUT2D eigenvalue weighted by molar-refractivity contribution is 7.91. The van der Waals surface area contributed by atoms with E-state index in [1.165, 1.54) is 31.3 Å². The van der Waals surface area contributed by atoms with Gasteiger partial charge in [-0.2, -0.15) is 0 Å². The average molecular weight is 297 g/mol. The van der Waals surface area contributed by atoms with Crippen molar-refractivity contribution in [1.29, 1.82) is 0 Å². The Morgan fingerprint density at radius 2 is 1.95 bits per heavy atom. The van der Waals surface area contributed by atoms with Crippen LogP contribution < -0.4 is 0 Å². The molecule has 0 amide bonds. The van der Waals surface area contributed by atoms with E-state index < -0.39 is 9.84 Å². The van der Waals surface area contributed by atoms with Crippen molar-refractivity contribution in [2.75, 3.05) is 18.1 Å². The zero-order valence-corrected chi connectivity index (χ0v) is 13.5. The van der Waals surface area contributed by atoms with E-state index in [0.29, 0.717) is 23.5 Å². The summed E-state index contributed by atoms with van der Waals surface area (Å²) in [4.78, 5) is 2.55. The Bertz CT molecular complexity index is 493. The molecule has 0 aromatic heterocycles. The quantitative estimate of drug-likeness (QED) is 0.749. The maximum Gasteiger partial charge on any atom is 0.151 e. The Hall–Kier alpha value is -0.350. The topological polar surface area (TPSA) is 37.4 Å². The van der Waals surface area contributed by atoms with Crippen LogP contribution in [0.1, 0.15) is 46.0 Å². The first kappa shape index (κ1) is 14.6. The predicted octanol–water partition coefficient (Wildman–Crippen LogP) is 2.63. The number of allylic oxidation sites excluding steroid dienone is 1. The maximum absolute atomic E-state index is 11.8. The van der Waals surface area contributed by atoms with E-state index in [1.54, 1.807) is 0 Å². The van der Waals surface area contributed by atoms with E-state index >= 15 is 0 Å². The molecular formula is C16H27NO2S. The molecule has 4 heteroatoms. The van der Waals surface area contributed by atoms with E-state index in [2.05, 4.69) is 24.8 Å². The zero-order chi connectivity index (χ0) is 14.3. The van der Waals surface area contributed by atoms with Gasteiger partial charge in [0.25, 0.3) is 0 Å². The van der Waals surface area contributed by atoms with Crippen molar-refractivity contribution in [1.82, 2.24) is 4.90 Å². The van der Waals surface area contributed by atoms with Crippen molar-refractivity contribution < 1.29 is 8.42 Å². The fraction of sp³-hybridized carbons (Fsp3) is 0.875. The lowest BCUT2D eigenvalue weighted by Gasteiger charge is -2.36. The first-order chi connectivity index (χ1) is 9.46. The van der Waals surface area contributed by atoms with Crippen LogP contribution in [0.4, 0.5) is 0 Å². The van der Waals surface area contributed by atoms with Crippen molar-refractivity contribution in [3.8, 4) is 0 Å². The molecule has 3 atom stereocenters. The monoisotopic (exact) mass is 297 g/mol. The van der Waals surface area contributed by atoms with Gasteiger partial charge < -0.3 is 0 Å². The molecule has 2 aliphatic carbocycles. The van der Waals surface area contributed by atoms with Crippen LogP contribution in [-0.2, 0) is 9.84 Å². The van der Waals surface area contributed by atoms with Crippen LogP contribution in [0.25, 0.3) is 0 Å². The van der Waals surface area contributed by atoms with Gasteiger partial charge in [0.15, 0.2) is 9.84 Å². The van der Waals surface area contributed by atoms with E-state index in [1.807, 2.05) is 0 Å². The lowest BCUT2D eigenvalue weighted by molar-refractivity contribution is 0.155. The molecule has 114 valence electrons. The summed E-state index contributed by atoms with van der Waals surface area (Å²) in [6.45, 7) is 5.70. The minimum atomic E-state index is -2.77. The van der Waals surface area contributed by atoms with E-state index in [-0.39, 0.29) is 6.04 Å². The number of rotatable bonds is 4. The zero-order valence-electron chi connectivity index (χ0n) is 12.7. The third-order valence-corrected chi connectivity index (χ3v) is 7.21. The summed E-state index contributed by atoms with van der Waals surface area (Å²) < 4.78 is 23.5. The molecule has 3 aliphatic rings. The Labute approximate surface area is 123 Å². The van der Waals surface area contributed by atoms with Crippen LogP contribution in [0.15, 0.2) is 11.6 Å². The van der Waals surface area contributed by atoms with Gasteiger partial charge in [-0.3, -0.25) is 4.90 Å². The molecule has 1 saturated carbocycles. The highest BCUT2D eigenvalue weighted by atomic mass is 32.2. The fourth-order valence-electron chi connectivity index (χ4n) is 3.97. The highest BCUT2D eigenvalue weighted by Crippen LogP contribution is 2.37. The summed E-state index contributed by atoms with van der Waals surface area (Å²) in [6.07, 6.45) is 8.26. The smallest absolute Gasteiger partial charge is 0.151 e. The number of hydrogen-bond acceptors (Lipinski definition) is 3. The molecule has 0 bridgehead atoms. The van der Waals surface area contributed by atoms with Crippen molar-refractivity contribution in [3.05, 3.63) is 11.6 Å². The molecule has 3 nitrogen and oxygen atoms in total. The van der Waals surface area contributed by atoms with E-state index in [9.17, 15) is 8.42 Å². The molecule has 20 heavy (non-hydrogen) atoms. The van der Waals surface area contributed by atoms with E-state index in [4.69, 9.17) is 0 Å². The van der Waals surface area contributed by atoms with Gasteiger partial charge in [-0.25, -0.2) is 8.42 Å². The van der Waals surface area contributed by atoms with Crippen LogP contribution in [0.3, 0.4) is 0 Å². The third kappa shape index (κ3) is 3.11. The summed E-state index contributed by atoms with van der Waals surface area (Å²) in [5.74, 6) is 2.16. The summed E-state index contributed by atoms with van der Waals surface area (Å²) in [5, 5.41) is 0. The standard InChI is InChI=1S/C16H27NO2S/c1-12-4-3-5-13(2)16(12)10-17(14-6-7-14)15-8-9-20(18,19)11-15/h4,13-16H,3,5-11H2,1-2H3/t13-,15+,16-/m0/s1. The van der Waals surface area contributed by atoms with E-state index in [0.717, 1.165) is 18.9 Å². The summed E-state index contributed by atoms with van der Waals surface area (Å²) in [6, 6.07) is 0.949. The largest absolute Gasteiger partial charge is 0.296 e. The van der Waals surface area contributed by atoms with Crippen LogP contribution in [0, 0.1) is 11.8 Å². The van der Waals surface area contributed by atoms with Crippen LogP contribution in [0.5, 0.6) is 0 Å². The Morgan fingerprint density at radius 1 is 1.20 bits per heavy atom. The highest BCUT2D eigenvalue weighted by Gasteiger charge is 2.41. The minimum Gasteiger partial charge on any atom is -0.296 e. The lowest BCUT2D eigenvalue weighted by Crippen LogP contribution is -2.43. The Kier molecular flexibility index (Phi) is 3.97. The molecule has 3 rings (SSSR count). The molecule has 0 unspecified atom stereocenters. The lowest BCUT2D eigenvalue weighted by atomic mass is 9.79. The number of hydrogen-bond donors (Lipinski definition) is 0. The van der Waals surface area contributed by atoms with Crippen molar-refractivity contribution in [3.63, 3.8) is 0 Å². The summed E-state index contributed by atoms with van der Waals surface area (Å²) in [5.41, 5.74) is 1.52. The fourth-order valence-corrected chi connectivity index (χ4v) is 5.71. The Morgan fingerprint density at radius 3 is 2.50 bits per heavy atom. The van der Waals surface area contributed by atoms with Crippen molar-refractivity contribution in [2.24, 2.45) is 11.8 Å². The Balaban J connectivity index is 1.72. The molecule has 0 N–H and O–H groups in total. The van der Waals surface area contributed by atoms with Crippen molar-refractivity contribution >= 4 is 9.84 Å². The normalized spacial score (nSPS) is 37.1. The van der Waals surface area contributed by atoms with Crippen LogP contribution in [0.2, 0.25) is 0 Å². The third-order valence-electron chi connectivity index (χ3n) is 5.46. The maximum atomic E-state index is 11.8. The molecule has 2 fully saturated rings. The molecule has 1 saturated heterocycles. The second-order valence-corrected chi connectivity index (χ2v) is 9.32.